The van der Waals surface area contributed by atoms with Gasteiger partial charge in [-0.25, -0.2) is 5.26 Å². The first-order valence-corrected chi connectivity index (χ1v) is 4.43. The van der Waals surface area contributed by atoms with Crippen molar-refractivity contribution in [2.75, 3.05) is 0 Å². The molecule has 4 N–H and O–H groups in total. The zero-order valence-electron chi connectivity index (χ0n) is 5.05. The van der Waals surface area contributed by atoms with Gasteiger partial charge in [0.2, 0.25) is 0 Å². The summed E-state index contributed by atoms with van der Waals surface area (Å²) in [4.78, 5) is 0. The summed E-state index contributed by atoms with van der Waals surface area (Å²) in [5.41, 5.74) is 0. The minimum atomic E-state index is -5.17. The summed E-state index contributed by atoms with van der Waals surface area (Å²) in [6.07, 6.45) is 0. The van der Waals surface area contributed by atoms with E-state index in [1.807, 2.05) is 0 Å². The van der Waals surface area contributed by atoms with Gasteiger partial charge in [0.15, 0.2) is 0 Å². The Morgan fingerprint density at radius 1 is 1.00 bits per heavy atom. The maximum atomic E-state index is 9.78. The normalized spacial score (nSPS) is 10.8. The van der Waals surface area contributed by atoms with Gasteiger partial charge < -0.3 is 0 Å². The topological polar surface area (TPSA) is 168 Å². The molecule has 13 heavy (non-hydrogen) atoms. The Morgan fingerprint density at radius 2 is 1.31 bits per heavy atom. The van der Waals surface area contributed by atoms with E-state index in [0.717, 1.165) is 0 Å². The standard InChI is InChI=1S/K.H2O8S2.H2O2.H/c;1-7-10(5,6)8-9(2,3)4;1-2;/h;1H,(H,2,3,4);1-2H;. The van der Waals surface area contributed by atoms with Crippen molar-refractivity contribution in [2.24, 2.45) is 0 Å². The molecule has 13 heteroatoms. The van der Waals surface area contributed by atoms with Crippen molar-refractivity contribution in [1.29, 1.82) is 0 Å². The Hall–Kier alpha value is 1.30. The molecule has 0 bridgehead atoms. The molecule has 0 aliphatic heterocycles. The molecule has 78 valence electrons. The van der Waals surface area contributed by atoms with Crippen molar-refractivity contribution in [3.8, 4) is 0 Å². The molecule has 0 atom stereocenters. The molecule has 0 spiro atoms. The van der Waals surface area contributed by atoms with Crippen LogP contribution >= 0.6 is 0 Å². The van der Waals surface area contributed by atoms with E-state index in [1.165, 1.54) is 0 Å². The van der Waals surface area contributed by atoms with Crippen LogP contribution in [0.15, 0.2) is 0 Å². The van der Waals surface area contributed by atoms with E-state index < -0.39 is 20.8 Å². The molecule has 0 saturated heterocycles. The van der Waals surface area contributed by atoms with Crippen LogP contribution in [-0.4, -0.2) is 88.5 Å². The molecule has 0 aliphatic rings. The van der Waals surface area contributed by atoms with Gasteiger partial charge in [0.05, 0.1) is 0 Å². The summed E-state index contributed by atoms with van der Waals surface area (Å²) < 4.78 is 51.7. The molecular formula is H5KO10S2. The zero-order valence-corrected chi connectivity index (χ0v) is 6.69. The molecule has 0 amide bonds. The summed E-state index contributed by atoms with van der Waals surface area (Å²) in [6, 6.07) is 0. The van der Waals surface area contributed by atoms with Gasteiger partial charge in [-0.3, -0.25) is 15.1 Å². The Balaban J connectivity index is -0.000000309. The van der Waals surface area contributed by atoms with Crippen LogP contribution in [0.5, 0.6) is 0 Å². The van der Waals surface area contributed by atoms with E-state index in [1.54, 1.807) is 0 Å². The summed E-state index contributed by atoms with van der Waals surface area (Å²) in [6.45, 7) is 0. The molecule has 0 aliphatic carbocycles. The van der Waals surface area contributed by atoms with E-state index >= 15 is 0 Å². The Morgan fingerprint density at radius 3 is 1.38 bits per heavy atom. The van der Waals surface area contributed by atoms with Crippen LogP contribution in [0.1, 0.15) is 0 Å². The van der Waals surface area contributed by atoms with Crippen molar-refractivity contribution >= 4 is 72.2 Å². The predicted molar refractivity (Wildman–Crippen MR) is 37.7 cm³/mol. The van der Waals surface area contributed by atoms with Gasteiger partial charge in [0.25, 0.3) is 0 Å². The fraction of sp³-hybridized carbons (Fsp3) is 0. The zero-order chi connectivity index (χ0) is 10.4. The van der Waals surface area contributed by atoms with Gasteiger partial charge in [-0.2, -0.15) is 16.8 Å². The molecule has 0 aromatic heterocycles. The number of hydrogen-bond acceptors (Lipinski definition) is 9. The third-order valence-electron chi connectivity index (χ3n) is 0.261. The van der Waals surface area contributed by atoms with E-state index in [-0.39, 0.29) is 51.4 Å². The van der Waals surface area contributed by atoms with Gasteiger partial charge in [-0.05, 0) is 0 Å². The summed E-state index contributed by atoms with van der Waals surface area (Å²) in [7, 11) is -10.2. The first-order valence-electron chi connectivity index (χ1n) is 1.73. The Kier molecular flexibility index (Phi) is 13.1. The summed E-state index contributed by atoms with van der Waals surface area (Å²) in [5.74, 6) is 0. The second-order valence-electron chi connectivity index (χ2n) is 0.979. The van der Waals surface area contributed by atoms with Crippen LogP contribution in [0.3, 0.4) is 0 Å². The van der Waals surface area contributed by atoms with Crippen LogP contribution in [0.25, 0.3) is 0 Å². The fourth-order valence-electron chi connectivity index (χ4n) is 0.118. The van der Waals surface area contributed by atoms with Crippen molar-refractivity contribution in [1.82, 2.24) is 0 Å². The van der Waals surface area contributed by atoms with Gasteiger partial charge in [-0.15, -0.1) is 0 Å². The second kappa shape index (κ2) is 8.59. The molecule has 10 nitrogen and oxygen atoms in total. The third-order valence-corrected chi connectivity index (χ3v) is 1.80. The average Bonchev–Trinajstić information content (AvgIpc) is 1.88. The maximum absolute atomic E-state index is 9.78. The average molecular weight is 268 g/mol. The van der Waals surface area contributed by atoms with Crippen LogP contribution in [0.4, 0.5) is 0 Å². The fourth-order valence-corrected chi connectivity index (χ4v) is 1.06. The number of hydrogen-bond donors (Lipinski definition) is 4. The van der Waals surface area contributed by atoms with Crippen molar-refractivity contribution in [3.05, 3.63) is 0 Å². The Bertz CT molecular complexity index is 281. The monoisotopic (exact) mass is 268 g/mol. The van der Waals surface area contributed by atoms with Gasteiger partial charge in [0.1, 0.15) is 0 Å². The molecule has 0 heterocycles. The first-order chi connectivity index (χ1) is 5.27. The second-order valence-corrected chi connectivity index (χ2v) is 3.34. The minimum absolute atomic E-state index is 0. The van der Waals surface area contributed by atoms with Crippen molar-refractivity contribution < 1.29 is 45.1 Å². The van der Waals surface area contributed by atoms with Crippen LogP contribution < -0.4 is 0 Å². The molecule has 0 saturated carbocycles. The molecular weight excluding hydrogens is 263 g/mol. The van der Waals surface area contributed by atoms with Gasteiger partial charge in [-0.1, -0.05) is 7.96 Å². The molecule has 0 aromatic carbocycles. The third kappa shape index (κ3) is 16.0. The molecule has 0 aromatic rings. The molecule has 0 fully saturated rings. The van der Waals surface area contributed by atoms with Gasteiger partial charge in [0, 0.05) is 0 Å². The summed E-state index contributed by atoms with van der Waals surface area (Å²) in [5, 5.41) is 19.4. The van der Waals surface area contributed by atoms with Crippen LogP contribution in [0, 0.1) is 0 Å². The van der Waals surface area contributed by atoms with Crippen molar-refractivity contribution in [3.63, 3.8) is 0 Å². The SMILES string of the molecule is O=S(=O)(O)OS(=O)(=O)OO.OO.[KH]. The molecule has 0 rings (SSSR count). The molecule has 0 radical (unpaired) electrons. The van der Waals surface area contributed by atoms with Gasteiger partial charge >= 0.3 is 72.2 Å². The Labute approximate surface area is 116 Å². The van der Waals surface area contributed by atoms with Crippen LogP contribution in [-0.2, 0) is 28.8 Å². The van der Waals surface area contributed by atoms with E-state index in [0.29, 0.717) is 0 Å². The number of rotatable bonds is 3. The first kappa shape index (κ1) is 19.8. The van der Waals surface area contributed by atoms with E-state index in [2.05, 4.69) is 7.96 Å². The van der Waals surface area contributed by atoms with E-state index in [9.17, 15) is 16.8 Å². The van der Waals surface area contributed by atoms with Crippen LogP contribution in [0.2, 0.25) is 0 Å². The van der Waals surface area contributed by atoms with Crippen molar-refractivity contribution in [2.45, 2.75) is 0 Å². The quantitative estimate of drug-likeness (QED) is 0.193. The predicted octanol–water partition coefficient (Wildman–Crippen LogP) is -2.09. The van der Waals surface area contributed by atoms with E-state index in [4.69, 9.17) is 20.3 Å². The summed E-state index contributed by atoms with van der Waals surface area (Å²) >= 11 is 0. The molecule has 0 unspecified atom stereocenters.